The van der Waals surface area contributed by atoms with Gasteiger partial charge in [-0.05, 0) is 25.8 Å². The van der Waals surface area contributed by atoms with Crippen LogP contribution >= 0.6 is 11.6 Å². The Morgan fingerprint density at radius 2 is 2.17 bits per heavy atom. The van der Waals surface area contributed by atoms with Crippen molar-refractivity contribution in [3.63, 3.8) is 0 Å². The smallest absolute Gasteiger partial charge is 0.227 e. The van der Waals surface area contributed by atoms with Gasteiger partial charge in [-0.1, -0.05) is 29.8 Å². The highest BCUT2D eigenvalue weighted by Gasteiger charge is 2.34. The zero-order valence-corrected chi connectivity index (χ0v) is 15.0. The molecule has 1 aliphatic rings. The number of nitrogens with zero attached hydrogens (tertiary/aromatic N) is 3. The molecule has 0 bridgehead atoms. The van der Waals surface area contributed by atoms with Crippen molar-refractivity contribution in [3.8, 4) is 5.75 Å². The summed E-state index contributed by atoms with van der Waals surface area (Å²) in [6.07, 6.45) is 2.23. The Bertz CT molecular complexity index is 757. The average molecular weight is 348 g/mol. The molecule has 2 heterocycles. The van der Waals surface area contributed by atoms with Gasteiger partial charge in [0.1, 0.15) is 10.9 Å². The Kier molecular flexibility index (Phi) is 4.81. The molecular weight excluding hydrogens is 326 g/mol. The van der Waals surface area contributed by atoms with Crippen molar-refractivity contribution in [2.75, 3.05) is 13.7 Å². The molecule has 3 rings (SSSR count). The third kappa shape index (κ3) is 3.00. The van der Waals surface area contributed by atoms with Crippen LogP contribution < -0.4 is 4.74 Å². The molecule has 1 aromatic heterocycles. The lowest BCUT2D eigenvalue weighted by Crippen LogP contribution is -2.32. The summed E-state index contributed by atoms with van der Waals surface area (Å²) in [5.41, 5.74) is 2.78. The zero-order valence-electron chi connectivity index (χ0n) is 14.3. The van der Waals surface area contributed by atoms with Crippen molar-refractivity contribution in [2.24, 2.45) is 7.05 Å². The van der Waals surface area contributed by atoms with Gasteiger partial charge in [-0.3, -0.25) is 9.48 Å². The quantitative estimate of drug-likeness (QED) is 0.852. The molecule has 1 aromatic carbocycles. The minimum Gasteiger partial charge on any atom is -0.496 e. The highest BCUT2D eigenvalue weighted by Crippen LogP contribution is 2.38. The van der Waals surface area contributed by atoms with E-state index in [4.69, 9.17) is 16.3 Å². The van der Waals surface area contributed by atoms with E-state index in [1.54, 1.807) is 11.8 Å². The molecule has 0 spiro atoms. The van der Waals surface area contributed by atoms with Crippen molar-refractivity contribution >= 4 is 17.5 Å². The molecule has 0 unspecified atom stereocenters. The molecule has 2 aromatic rings. The van der Waals surface area contributed by atoms with Crippen LogP contribution in [0.25, 0.3) is 0 Å². The zero-order chi connectivity index (χ0) is 17.3. The van der Waals surface area contributed by atoms with Crippen LogP contribution in [0.2, 0.25) is 5.15 Å². The Balaban J connectivity index is 1.84. The van der Waals surface area contributed by atoms with E-state index >= 15 is 0 Å². The van der Waals surface area contributed by atoms with Crippen LogP contribution in [0.15, 0.2) is 24.3 Å². The van der Waals surface area contributed by atoms with E-state index in [1.165, 1.54) is 0 Å². The van der Waals surface area contributed by atoms with Crippen LogP contribution in [0.5, 0.6) is 5.75 Å². The second-order valence-electron chi connectivity index (χ2n) is 6.15. The number of ether oxygens (including phenoxy) is 1. The number of para-hydroxylation sites is 1. The van der Waals surface area contributed by atoms with Gasteiger partial charge in [-0.2, -0.15) is 5.10 Å². The summed E-state index contributed by atoms with van der Waals surface area (Å²) in [5, 5.41) is 5.01. The number of carbonyl (C=O) groups excluding carboxylic acids is 1. The van der Waals surface area contributed by atoms with E-state index < -0.39 is 0 Å². The Hall–Kier alpha value is -2.01. The Labute approximate surface area is 147 Å². The fraction of sp³-hybridized carbons (Fsp3) is 0.444. The van der Waals surface area contributed by atoms with Crippen LogP contribution in [-0.4, -0.2) is 34.2 Å². The van der Waals surface area contributed by atoms with Gasteiger partial charge in [0.25, 0.3) is 0 Å². The number of methoxy groups -OCH3 is 1. The number of likely N-dealkylation sites (tertiary alicyclic amines) is 1. The monoisotopic (exact) mass is 347 g/mol. The first kappa shape index (κ1) is 16.8. The first-order valence-electron chi connectivity index (χ1n) is 8.13. The number of hydrogen-bond donors (Lipinski definition) is 0. The fourth-order valence-corrected chi connectivity index (χ4v) is 3.80. The van der Waals surface area contributed by atoms with Gasteiger partial charge in [0, 0.05) is 24.7 Å². The molecule has 1 fully saturated rings. The standard InChI is InChI=1S/C18H22ClN3O2/c1-12-17(18(19)21(2)20-12)14-8-6-10-22(14)16(23)11-13-7-4-5-9-15(13)24-3/h4-5,7,9,14H,6,8,10-11H2,1-3H3/t14-/m1/s1. The normalized spacial score (nSPS) is 17.3. The van der Waals surface area contributed by atoms with E-state index in [-0.39, 0.29) is 11.9 Å². The van der Waals surface area contributed by atoms with Crippen molar-refractivity contribution in [1.29, 1.82) is 0 Å². The number of carbonyl (C=O) groups is 1. The van der Waals surface area contributed by atoms with E-state index in [1.807, 2.05) is 43.1 Å². The number of amides is 1. The first-order valence-corrected chi connectivity index (χ1v) is 8.51. The molecular formula is C18H22ClN3O2. The van der Waals surface area contributed by atoms with Gasteiger partial charge in [0.2, 0.25) is 5.91 Å². The predicted octanol–water partition coefficient (Wildman–Crippen LogP) is 3.30. The number of aryl methyl sites for hydroxylation is 2. The minimum absolute atomic E-state index is 0.00778. The SMILES string of the molecule is COc1ccccc1CC(=O)N1CCC[C@@H]1c1c(C)nn(C)c1Cl. The number of rotatable bonds is 4. The molecule has 1 atom stereocenters. The minimum atomic E-state index is 0.00778. The third-order valence-corrected chi connectivity index (χ3v) is 5.08. The molecule has 128 valence electrons. The molecule has 0 N–H and O–H groups in total. The Morgan fingerprint density at radius 3 is 2.83 bits per heavy atom. The number of halogens is 1. The van der Waals surface area contributed by atoms with Crippen LogP contribution in [0.4, 0.5) is 0 Å². The van der Waals surface area contributed by atoms with Crippen molar-refractivity contribution in [3.05, 3.63) is 46.2 Å². The lowest BCUT2D eigenvalue weighted by Gasteiger charge is -2.25. The van der Waals surface area contributed by atoms with Crippen molar-refractivity contribution in [1.82, 2.24) is 14.7 Å². The van der Waals surface area contributed by atoms with Crippen molar-refractivity contribution in [2.45, 2.75) is 32.2 Å². The van der Waals surface area contributed by atoms with E-state index in [9.17, 15) is 4.79 Å². The molecule has 1 aliphatic heterocycles. The molecule has 0 saturated carbocycles. The molecule has 24 heavy (non-hydrogen) atoms. The predicted molar refractivity (Wildman–Crippen MR) is 93.3 cm³/mol. The van der Waals surface area contributed by atoms with E-state index in [0.29, 0.717) is 11.6 Å². The topological polar surface area (TPSA) is 47.4 Å². The van der Waals surface area contributed by atoms with Crippen molar-refractivity contribution < 1.29 is 9.53 Å². The molecule has 1 saturated heterocycles. The van der Waals surface area contributed by atoms with Gasteiger partial charge in [-0.25, -0.2) is 0 Å². The number of aromatic nitrogens is 2. The number of benzene rings is 1. The lowest BCUT2D eigenvalue weighted by atomic mass is 10.0. The molecule has 0 aliphatic carbocycles. The molecule has 1 amide bonds. The highest BCUT2D eigenvalue weighted by atomic mass is 35.5. The number of hydrogen-bond acceptors (Lipinski definition) is 3. The maximum absolute atomic E-state index is 12.9. The third-order valence-electron chi connectivity index (χ3n) is 4.64. The van der Waals surface area contributed by atoms with E-state index in [2.05, 4.69) is 5.10 Å². The van der Waals surface area contributed by atoms with Gasteiger partial charge >= 0.3 is 0 Å². The van der Waals surface area contributed by atoms with Gasteiger partial charge in [0.15, 0.2) is 0 Å². The van der Waals surface area contributed by atoms with Crippen LogP contribution in [0.3, 0.4) is 0 Å². The summed E-state index contributed by atoms with van der Waals surface area (Å²) in [6.45, 7) is 2.70. The summed E-state index contributed by atoms with van der Waals surface area (Å²) < 4.78 is 7.03. The molecule has 0 radical (unpaired) electrons. The van der Waals surface area contributed by atoms with Crippen LogP contribution in [-0.2, 0) is 18.3 Å². The summed E-state index contributed by atoms with van der Waals surface area (Å²) in [5.74, 6) is 0.846. The maximum atomic E-state index is 12.9. The average Bonchev–Trinajstić information content (AvgIpc) is 3.13. The maximum Gasteiger partial charge on any atom is 0.227 e. The second kappa shape index (κ2) is 6.85. The summed E-state index contributed by atoms with van der Waals surface area (Å²) >= 11 is 6.41. The van der Waals surface area contributed by atoms with Gasteiger partial charge in [-0.15, -0.1) is 0 Å². The Morgan fingerprint density at radius 1 is 1.42 bits per heavy atom. The van der Waals surface area contributed by atoms with Crippen LogP contribution in [0.1, 0.15) is 35.7 Å². The van der Waals surface area contributed by atoms with Gasteiger partial charge in [0.05, 0.1) is 25.3 Å². The molecule has 6 heteroatoms. The van der Waals surface area contributed by atoms with Gasteiger partial charge < -0.3 is 9.64 Å². The fourth-order valence-electron chi connectivity index (χ4n) is 3.50. The molecule has 5 nitrogen and oxygen atoms in total. The summed E-state index contributed by atoms with van der Waals surface area (Å²) in [7, 11) is 3.45. The highest BCUT2D eigenvalue weighted by molar-refractivity contribution is 6.30. The summed E-state index contributed by atoms with van der Waals surface area (Å²) in [6, 6.07) is 7.66. The lowest BCUT2D eigenvalue weighted by molar-refractivity contribution is -0.131. The summed E-state index contributed by atoms with van der Waals surface area (Å²) in [4.78, 5) is 14.8. The van der Waals surface area contributed by atoms with E-state index in [0.717, 1.165) is 42.0 Å². The van der Waals surface area contributed by atoms with Crippen LogP contribution in [0, 0.1) is 6.92 Å². The largest absolute Gasteiger partial charge is 0.496 e. The first-order chi connectivity index (χ1) is 11.5. The second-order valence-corrected chi connectivity index (χ2v) is 6.51.